The highest BCUT2D eigenvalue weighted by molar-refractivity contribution is 6.09. The molecule has 1 atom stereocenters. The molecule has 1 fully saturated rings. The predicted octanol–water partition coefficient (Wildman–Crippen LogP) is 1.70. The van der Waals surface area contributed by atoms with Gasteiger partial charge in [-0.25, -0.2) is 4.79 Å². The molecule has 1 heterocycles. The zero-order valence-electron chi connectivity index (χ0n) is 15.5. The van der Waals surface area contributed by atoms with Crippen LogP contribution in [0.3, 0.4) is 0 Å². The molecular formula is C21H21N3O4. The van der Waals surface area contributed by atoms with E-state index in [1.807, 2.05) is 36.4 Å². The topological polar surface area (TPSA) is 87.7 Å². The van der Waals surface area contributed by atoms with Gasteiger partial charge in [-0.3, -0.25) is 14.5 Å². The Bertz CT molecular complexity index is 941. The van der Waals surface area contributed by atoms with Crippen molar-refractivity contribution >= 4 is 17.8 Å². The smallest absolute Gasteiger partial charge is 0.325 e. The highest BCUT2D eigenvalue weighted by Gasteiger charge is 2.55. The lowest BCUT2D eigenvalue weighted by Crippen LogP contribution is -2.43. The third-order valence-corrected chi connectivity index (χ3v) is 5.37. The molecule has 2 aromatic carbocycles. The number of amides is 4. The van der Waals surface area contributed by atoms with E-state index >= 15 is 0 Å². The fourth-order valence-corrected chi connectivity index (χ4v) is 3.88. The van der Waals surface area contributed by atoms with Crippen LogP contribution in [0.25, 0.3) is 0 Å². The first kappa shape index (κ1) is 18.0. The van der Waals surface area contributed by atoms with Crippen LogP contribution in [-0.4, -0.2) is 36.4 Å². The Hall–Kier alpha value is -3.35. The van der Waals surface area contributed by atoms with Gasteiger partial charge in [0.25, 0.3) is 5.91 Å². The van der Waals surface area contributed by atoms with Gasteiger partial charge in [-0.2, -0.15) is 0 Å². The Labute approximate surface area is 162 Å². The summed E-state index contributed by atoms with van der Waals surface area (Å²) >= 11 is 0. The first-order valence-corrected chi connectivity index (χ1v) is 9.15. The molecule has 0 bridgehead atoms. The van der Waals surface area contributed by atoms with Crippen molar-refractivity contribution in [2.45, 2.75) is 24.9 Å². The number of benzene rings is 2. The minimum Gasteiger partial charge on any atom is -0.497 e. The standard InChI is InChI=1S/C21H21N3O4/c1-28-16-8-6-14(7-9-16)12-22-18(25)13-24-19(26)21(23-20(24)27)11-10-15-4-2-3-5-17(15)21/h2-9H,10-13H2,1H3,(H,22,25)(H,23,27)/t21-/m0/s1. The van der Waals surface area contributed by atoms with E-state index in [0.29, 0.717) is 13.0 Å². The lowest BCUT2D eigenvalue weighted by Gasteiger charge is -2.22. The zero-order chi connectivity index (χ0) is 19.7. The molecule has 28 heavy (non-hydrogen) atoms. The summed E-state index contributed by atoms with van der Waals surface area (Å²) < 4.78 is 5.10. The quantitative estimate of drug-likeness (QED) is 0.774. The summed E-state index contributed by atoms with van der Waals surface area (Å²) in [6.45, 7) is 0.00515. The van der Waals surface area contributed by atoms with Gasteiger partial charge in [0.05, 0.1) is 7.11 Å². The van der Waals surface area contributed by atoms with Gasteiger partial charge in [-0.1, -0.05) is 36.4 Å². The molecule has 144 valence electrons. The fourth-order valence-electron chi connectivity index (χ4n) is 3.88. The van der Waals surface area contributed by atoms with Crippen molar-refractivity contribution in [3.63, 3.8) is 0 Å². The van der Waals surface area contributed by atoms with Crippen LogP contribution in [0.2, 0.25) is 0 Å². The van der Waals surface area contributed by atoms with Gasteiger partial charge in [-0.15, -0.1) is 0 Å². The Morgan fingerprint density at radius 2 is 1.93 bits per heavy atom. The number of nitrogens with zero attached hydrogens (tertiary/aromatic N) is 1. The average molecular weight is 379 g/mol. The molecule has 0 radical (unpaired) electrons. The number of hydrogen-bond donors (Lipinski definition) is 2. The van der Waals surface area contributed by atoms with Crippen molar-refractivity contribution in [3.8, 4) is 5.75 Å². The Morgan fingerprint density at radius 1 is 1.18 bits per heavy atom. The fraction of sp³-hybridized carbons (Fsp3) is 0.286. The number of hydrogen-bond acceptors (Lipinski definition) is 4. The van der Waals surface area contributed by atoms with Gasteiger partial charge < -0.3 is 15.4 Å². The molecule has 1 aliphatic heterocycles. The van der Waals surface area contributed by atoms with Gasteiger partial charge >= 0.3 is 6.03 Å². The van der Waals surface area contributed by atoms with Crippen molar-refractivity contribution in [3.05, 3.63) is 65.2 Å². The number of carbonyl (C=O) groups excluding carboxylic acids is 3. The SMILES string of the molecule is COc1ccc(CNC(=O)CN2C(=O)N[C@]3(CCc4ccccc43)C2=O)cc1. The summed E-state index contributed by atoms with van der Waals surface area (Å²) in [5.41, 5.74) is 1.74. The largest absolute Gasteiger partial charge is 0.497 e. The van der Waals surface area contributed by atoms with Gasteiger partial charge in [0.15, 0.2) is 0 Å². The van der Waals surface area contributed by atoms with E-state index in [0.717, 1.165) is 33.8 Å². The molecule has 7 heteroatoms. The normalized spacial score (nSPS) is 20.2. The lowest BCUT2D eigenvalue weighted by molar-refractivity contribution is -0.135. The lowest BCUT2D eigenvalue weighted by atomic mass is 9.92. The second-order valence-electron chi connectivity index (χ2n) is 7.01. The molecule has 0 aromatic heterocycles. The molecule has 2 N–H and O–H groups in total. The van der Waals surface area contributed by atoms with Crippen LogP contribution in [0.5, 0.6) is 5.75 Å². The molecule has 2 aliphatic rings. The molecular weight excluding hydrogens is 358 g/mol. The van der Waals surface area contributed by atoms with Crippen molar-refractivity contribution in [1.29, 1.82) is 0 Å². The molecule has 4 rings (SSSR count). The summed E-state index contributed by atoms with van der Waals surface area (Å²) in [6, 6.07) is 14.4. The van der Waals surface area contributed by atoms with Crippen molar-refractivity contribution in [1.82, 2.24) is 15.5 Å². The molecule has 2 aromatic rings. The van der Waals surface area contributed by atoms with Crippen LogP contribution >= 0.6 is 0 Å². The molecule has 1 spiro atoms. The van der Waals surface area contributed by atoms with Crippen molar-refractivity contribution in [2.24, 2.45) is 0 Å². The van der Waals surface area contributed by atoms with Gasteiger partial charge in [0.1, 0.15) is 17.8 Å². The van der Waals surface area contributed by atoms with E-state index in [1.54, 1.807) is 19.2 Å². The average Bonchev–Trinajstić information content (AvgIpc) is 3.20. The number of ether oxygens (including phenoxy) is 1. The number of fused-ring (bicyclic) bond motifs is 2. The molecule has 7 nitrogen and oxygen atoms in total. The molecule has 4 amide bonds. The van der Waals surface area contributed by atoms with Crippen LogP contribution in [0.15, 0.2) is 48.5 Å². The third-order valence-electron chi connectivity index (χ3n) is 5.37. The number of methoxy groups -OCH3 is 1. The summed E-state index contributed by atoms with van der Waals surface area (Å²) in [5.74, 6) is -0.0127. The second kappa shape index (κ2) is 6.99. The van der Waals surface area contributed by atoms with E-state index < -0.39 is 11.6 Å². The number of imide groups is 1. The van der Waals surface area contributed by atoms with E-state index in [-0.39, 0.29) is 18.4 Å². The maximum Gasteiger partial charge on any atom is 0.325 e. The number of nitrogens with one attached hydrogen (secondary N) is 2. The zero-order valence-corrected chi connectivity index (χ0v) is 15.5. The molecule has 1 aliphatic carbocycles. The minimum absolute atomic E-state index is 0.301. The third kappa shape index (κ3) is 2.98. The maximum atomic E-state index is 13.0. The van der Waals surface area contributed by atoms with E-state index in [2.05, 4.69) is 10.6 Å². The van der Waals surface area contributed by atoms with Gasteiger partial charge in [0.2, 0.25) is 5.91 Å². The van der Waals surface area contributed by atoms with Gasteiger partial charge in [0, 0.05) is 6.54 Å². The highest BCUT2D eigenvalue weighted by Crippen LogP contribution is 2.41. The van der Waals surface area contributed by atoms with Crippen LogP contribution in [0.4, 0.5) is 4.79 Å². The van der Waals surface area contributed by atoms with Gasteiger partial charge in [-0.05, 0) is 41.7 Å². The van der Waals surface area contributed by atoms with E-state index in [1.165, 1.54) is 0 Å². The summed E-state index contributed by atoms with van der Waals surface area (Å²) in [4.78, 5) is 38.8. The predicted molar refractivity (Wildman–Crippen MR) is 102 cm³/mol. The molecule has 1 saturated heterocycles. The van der Waals surface area contributed by atoms with Crippen LogP contribution in [0.1, 0.15) is 23.1 Å². The van der Waals surface area contributed by atoms with Crippen LogP contribution in [0, 0.1) is 0 Å². The maximum absolute atomic E-state index is 13.0. The Morgan fingerprint density at radius 3 is 2.68 bits per heavy atom. The van der Waals surface area contributed by atoms with Crippen LogP contribution < -0.4 is 15.4 Å². The summed E-state index contributed by atoms with van der Waals surface area (Å²) in [6.07, 6.45) is 1.24. The molecule has 0 unspecified atom stereocenters. The highest BCUT2D eigenvalue weighted by atomic mass is 16.5. The first-order chi connectivity index (χ1) is 13.5. The number of carbonyl (C=O) groups is 3. The van der Waals surface area contributed by atoms with Crippen molar-refractivity contribution < 1.29 is 19.1 Å². The minimum atomic E-state index is -1.04. The summed E-state index contributed by atoms with van der Waals surface area (Å²) in [7, 11) is 1.59. The molecule has 0 saturated carbocycles. The monoisotopic (exact) mass is 379 g/mol. The summed E-state index contributed by atoms with van der Waals surface area (Å²) in [5, 5.41) is 5.57. The van der Waals surface area contributed by atoms with E-state index in [9.17, 15) is 14.4 Å². The van der Waals surface area contributed by atoms with Crippen LogP contribution in [-0.2, 0) is 28.1 Å². The Balaban J connectivity index is 1.41. The van der Waals surface area contributed by atoms with Crippen molar-refractivity contribution in [2.75, 3.05) is 13.7 Å². The second-order valence-corrected chi connectivity index (χ2v) is 7.01. The number of aryl methyl sites for hydroxylation is 1. The van der Waals surface area contributed by atoms with E-state index in [4.69, 9.17) is 4.74 Å². The number of rotatable bonds is 5. The Kier molecular flexibility index (Phi) is 4.50. The first-order valence-electron chi connectivity index (χ1n) is 9.15. The number of urea groups is 1.